The molecule has 2 aromatic heterocycles. The maximum Gasteiger partial charge on any atom is 0.255 e. The summed E-state index contributed by atoms with van der Waals surface area (Å²) < 4.78 is 6.69. The van der Waals surface area contributed by atoms with Gasteiger partial charge in [0.2, 0.25) is 17.7 Å². The van der Waals surface area contributed by atoms with E-state index in [-0.39, 0.29) is 18.2 Å². The summed E-state index contributed by atoms with van der Waals surface area (Å²) in [4.78, 5) is 42.3. The molecule has 0 unspecified atom stereocenters. The number of aromatic nitrogens is 4. The molecule has 0 aliphatic carbocycles. The summed E-state index contributed by atoms with van der Waals surface area (Å²) in [5.74, 6) is 0.102. The van der Waals surface area contributed by atoms with Crippen molar-refractivity contribution in [1.29, 1.82) is 0 Å². The monoisotopic (exact) mass is 418 g/mol. The Morgan fingerprint density at radius 3 is 2.84 bits per heavy atom. The summed E-state index contributed by atoms with van der Waals surface area (Å²) in [5.41, 5.74) is 2.78. The van der Waals surface area contributed by atoms with Gasteiger partial charge in [0.1, 0.15) is 11.7 Å². The summed E-state index contributed by atoms with van der Waals surface area (Å²) in [6.45, 7) is 0.305. The van der Waals surface area contributed by atoms with Gasteiger partial charge < -0.3 is 9.64 Å². The van der Waals surface area contributed by atoms with E-state index in [2.05, 4.69) is 20.6 Å². The van der Waals surface area contributed by atoms with Crippen LogP contribution in [0, 0.1) is 0 Å². The quantitative estimate of drug-likeness (QED) is 0.630. The maximum absolute atomic E-state index is 12.8. The number of hydrogen-bond acceptors (Lipinski definition) is 7. The van der Waals surface area contributed by atoms with Crippen LogP contribution in [0.25, 0.3) is 17.1 Å². The molecule has 0 bridgehead atoms. The molecule has 1 fully saturated rings. The van der Waals surface area contributed by atoms with E-state index in [9.17, 15) is 14.4 Å². The van der Waals surface area contributed by atoms with Gasteiger partial charge in [0.05, 0.1) is 13.3 Å². The summed E-state index contributed by atoms with van der Waals surface area (Å²) in [6.07, 6.45) is 2.31. The number of hydrogen-bond donors (Lipinski definition) is 1. The number of fused-ring (bicyclic) bond motifs is 1. The lowest BCUT2D eigenvalue weighted by Gasteiger charge is -2.29. The van der Waals surface area contributed by atoms with Crippen LogP contribution in [0.4, 0.5) is 0 Å². The minimum Gasteiger partial charge on any atom is -0.481 e. The summed E-state index contributed by atoms with van der Waals surface area (Å²) in [6, 6.07) is 10.1. The number of carbonyl (C=O) groups excluding carboxylic acids is 3. The molecule has 31 heavy (non-hydrogen) atoms. The van der Waals surface area contributed by atoms with E-state index < -0.39 is 11.9 Å². The van der Waals surface area contributed by atoms with Gasteiger partial charge in [-0.1, -0.05) is 17.3 Å². The average Bonchev–Trinajstić information content (AvgIpc) is 3.39. The van der Waals surface area contributed by atoms with E-state index in [1.165, 1.54) is 4.90 Å². The van der Waals surface area contributed by atoms with Crippen molar-refractivity contribution in [2.24, 2.45) is 0 Å². The third kappa shape index (κ3) is 3.31. The highest BCUT2D eigenvalue weighted by Gasteiger charge is 2.39. The van der Waals surface area contributed by atoms with Crippen LogP contribution in [-0.2, 0) is 16.1 Å². The Hall–Kier alpha value is -4.08. The van der Waals surface area contributed by atoms with Gasteiger partial charge in [-0.2, -0.15) is 4.98 Å². The molecule has 156 valence electrons. The topological polar surface area (TPSA) is 119 Å². The largest absolute Gasteiger partial charge is 0.481 e. The molecule has 10 nitrogen and oxygen atoms in total. The minimum absolute atomic E-state index is 0.208. The predicted molar refractivity (Wildman–Crippen MR) is 107 cm³/mol. The lowest BCUT2D eigenvalue weighted by molar-refractivity contribution is -0.136. The molecule has 0 radical (unpaired) electrons. The van der Waals surface area contributed by atoms with Crippen molar-refractivity contribution in [1.82, 2.24) is 30.2 Å². The maximum atomic E-state index is 12.8. The predicted octanol–water partition coefficient (Wildman–Crippen LogP) is 1.10. The number of piperidine rings is 1. The first-order valence-corrected chi connectivity index (χ1v) is 9.75. The fraction of sp³-hybridized carbons (Fsp3) is 0.238. The molecule has 3 amide bonds. The van der Waals surface area contributed by atoms with Crippen molar-refractivity contribution in [3.63, 3.8) is 0 Å². The van der Waals surface area contributed by atoms with Crippen LogP contribution in [0.15, 0.2) is 42.6 Å². The normalized spacial score (nSPS) is 18.2. The van der Waals surface area contributed by atoms with Crippen LogP contribution >= 0.6 is 0 Å². The number of imide groups is 1. The van der Waals surface area contributed by atoms with Crippen LogP contribution in [0.3, 0.4) is 0 Å². The lowest BCUT2D eigenvalue weighted by atomic mass is 10.0. The third-order valence-electron chi connectivity index (χ3n) is 5.47. The van der Waals surface area contributed by atoms with E-state index in [4.69, 9.17) is 4.74 Å². The molecule has 10 heteroatoms. The smallest absolute Gasteiger partial charge is 0.255 e. The molecule has 1 aromatic carbocycles. The molecule has 3 aromatic rings. The van der Waals surface area contributed by atoms with Gasteiger partial charge in [0, 0.05) is 30.2 Å². The van der Waals surface area contributed by atoms with E-state index in [1.807, 2.05) is 12.1 Å². The highest BCUT2D eigenvalue weighted by Crippen LogP contribution is 2.30. The number of amides is 3. The number of nitrogens with zero attached hydrogens (tertiary/aromatic N) is 5. The molecule has 2 aliphatic rings. The fourth-order valence-electron chi connectivity index (χ4n) is 3.89. The second kappa shape index (κ2) is 7.31. The van der Waals surface area contributed by atoms with Crippen molar-refractivity contribution >= 4 is 17.7 Å². The van der Waals surface area contributed by atoms with E-state index in [0.29, 0.717) is 35.9 Å². The van der Waals surface area contributed by atoms with Gasteiger partial charge in [-0.3, -0.25) is 19.7 Å². The third-order valence-corrected chi connectivity index (χ3v) is 5.47. The van der Waals surface area contributed by atoms with Gasteiger partial charge in [-0.05, 0) is 30.2 Å². The Balaban J connectivity index is 1.40. The standard InChI is InChI=1S/C21H18N6O4/c1-31-19-4-2-3-17(22-19)27-11-15(24-25-27)12-5-6-14-13(9-12)10-26(21(14)30)16-7-8-18(28)23-20(16)29/h2-6,9,11,16H,7-8,10H2,1H3,(H,23,28,29)/t16-/m0/s1. The molecular formula is C21H18N6O4. The molecule has 2 aliphatic heterocycles. The van der Waals surface area contributed by atoms with Crippen molar-refractivity contribution in [2.45, 2.75) is 25.4 Å². The molecule has 0 saturated carbocycles. The van der Waals surface area contributed by atoms with Gasteiger partial charge in [-0.15, -0.1) is 5.10 Å². The van der Waals surface area contributed by atoms with Crippen molar-refractivity contribution in [2.75, 3.05) is 7.11 Å². The van der Waals surface area contributed by atoms with Crippen LogP contribution < -0.4 is 10.1 Å². The number of rotatable bonds is 4. The average molecular weight is 418 g/mol. The molecule has 0 spiro atoms. The van der Waals surface area contributed by atoms with E-state index >= 15 is 0 Å². The van der Waals surface area contributed by atoms with Crippen LogP contribution in [-0.4, -0.2) is 55.8 Å². The van der Waals surface area contributed by atoms with Gasteiger partial charge in [0.25, 0.3) is 5.91 Å². The fourth-order valence-corrected chi connectivity index (χ4v) is 3.89. The highest BCUT2D eigenvalue weighted by atomic mass is 16.5. The molecule has 4 heterocycles. The Kier molecular flexibility index (Phi) is 4.46. The van der Waals surface area contributed by atoms with Crippen molar-refractivity contribution < 1.29 is 19.1 Å². The SMILES string of the molecule is COc1cccc(-n2cc(-c3ccc4c(c3)CN([C@H]3CCC(=O)NC3=O)C4=O)nn2)n1. The minimum atomic E-state index is -0.638. The lowest BCUT2D eigenvalue weighted by Crippen LogP contribution is -2.52. The Morgan fingerprint density at radius 1 is 1.16 bits per heavy atom. The molecule has 1 saturated heterocycles. The number of pyridine rings is 1. The number of methoxy groups -OCH3 is 1. The molecule has 1 N–H and O–H groups in total. The number of nitrogens with one attached hydrogen (secondary N) is 1. The van der Waals surface area contributed by atoms with Gasteiger partial charge >= 0.3 is 0 Å². The Bertz CT molecular complexity index is 1220. The first-order valence-electron chi connectivity index (χ1n) is 9.75. The molecule has 1 atom stereocenters. The number of carbonyl (C=O) groups is 3. The second-order valence-electron chi connectivity index (χ2n) is 7.36. The van der Waals surface area contributed by atoms with Crippen molar-refractivity contribution in [3.05, 3.63) is 53.7 Å². The first-order chi connectivity index (χ1) is 15.0. The van der Waals surface area contributed by atoms with E-state index in [1.54, 1.807) is 42.3 Å². The number of benzene rings is 1. The summed E-state index contributed by atoms with van der Waals surface area (Å²) in [5, 5.41) is 10.7. The number of ether oxygens (including phenoxy) is 1. The van der Waals surface area contributed by atoms with E-state index in [0.717, 1.165) is 11.1 Å². The zero-order valence-corrected chi connectivity index (χ0v) is 16.6. The zero-order chi connectivity index (χ0) is 21.5. The molecule has 5 rings (SSSR count). The summed E-state index contributed by atoms with van der Waals surface area (Å²) >= 11 is 0. The Morgan fingerprint density at radius 2 is 2.03 bits per heavy atom. The van der Waals surface area contributed by atoms with Gasteiger partial charge in [-0.25, -0.2) is 4.68 Å². The van der Waals surface area contributed by atoms with Crippen LogP contribution in [0.2, 0.25) is 0 Å². The highest BCUT2D eigenvalue weighted by molar-refractivity contribution is 6.05. The van der Waals surface area contributed by atoms with Crippen molar-refractivity contribution in [3.8, 4) is 23.0 Å². The van der Waals surface area contributed by atoms with Gasteiger partial charge in [0.15, 0.2) is 5.82 Å². The Labute approximate surface area is 176 Å². The first kappa shape index (κ1) is 18.9. The summed E-state index contributed by atoms with van der Waals surface area (Å²) in [7, 11) is 1.54. The second-order valence-corrected chi connectivity index (χ2v) is 7.36. The molecular weight excluding hydrogens is 400 g/mol. The van der Waals surface area contributed by atoms with Crippen LogP contribution in [0.1, 0.15) is 28.8 Å². The zero-order valence-electron chi connectivity index (χ0n) is 16.6. The van der Waals surface area contributed by atoms with Crippen LogP contribution in [0.5, 0.6) is 5.88 Å².